The Morgan fingerprint density at radius 3 is 2.53 bits per heavy atom. The van der Waals surface area contributed by atoms with Crippen molar-refractivity contribution in [1.29, 1.82) is 0 Å². The molecule has 1 amide bonds. The van der Waals surface area contributed by atoms with Gasteiger partial charge in [0.05, 0.1) is 6.67 Å². The highest BCUT2D eigenvalue weighted by Crippen LogP contribution is 2.16. The summed E-state index contributed by atoms with van der Waals surface area (Å²) in [5.41, 5.74) is 1.48. The fourth-order valence-corrected chi connectivity index (χ4v) is 1.96. The van der Waals surface area contributed by atoms with Crippen LogP contribution in [0.15, 0.2) is 41.8 Å². The number of aliphatic hydroxyl groups excluding tert-OH is 1. The van der Waals surface area contributed by atoms with E-state index in [9.17, 15) is 9.90 Å². The summed E-state index contributed by atoms with van der Waals surface area (Å²) in [4.78, 5) is 15.6. The molecule has 1 aromatic rings. The number of hydrogen-bond acceptors (Lipinski definition) is 3. The van der Waals surface area contributed by atoms with Gasteiger partial charge in [0.25, 0.3) is 5.91 Å². The van der Waals surface area contributed by atoms with Gasteiger partial charge in [0.1, 0.15) is 0 Å². The highest BCUT2D eigenvalue weighted by molar-refractivity contribution is 5.94. The van der Waals surface area contributed by atoms with Crippen molar-refractivity contribution in [1.82, 2.24) is 9.80 Å². The minimum Gasteiger partial charge on any atom is -0.495 e. The third kappa shape index (κ3) is 2.25. The van der Waals surface area contributed by atoms with Crippen LogP contribution in [0.3, 0.4) is 0 Å². The second kappa shape index (κ2) is 4.49. The first kappa shape index (κ1) is 11.5. The second-order valence-electron chi connectivity index (χ2n) is 4.31. The Hall–Kier alpha value is -1.97. The molecule has 0 aliphatic carbocycles. The van der Waals surface area contributed by atoms with Gasteiger partial charge in [-0.25, -0.2) is 0 Å². The molecule has 0 unspecified atom stereocenters. The van der Waals surface area contributed by atoms with Gasteiger partial charge in [-0.05, 0) is 19.1 Å². The van der Waals surface area contributed by atoms with Gasteiger partial charge in [-0.2, -0.15) is 0 Å². The maximum atomic E-state index is 12.2. The lowest BCUT2D eigenvalue weighted by Crippen LogP contribution is -2.44. The Bertz CT molecular complexity index is 454. The van der Waals surface area contributed by atoms with E-state index in [0.717, 1.165) is 5.57 Å². The molecule has 1 heterocycles. The summed E-state index contributed by atoms with van der Waals surface area (Å²) in [5, 5.41) is 9.68. The van der Waals surface area contributed by atoms with Crippen LogP contribution < -0.4 is 0 Å². The van der Waals surface area contributed by atoms with Crippen LogP contribution in [0.4, 0.5) is 0 Å². The molecule has 0 atom stereocenters. The SMILES string of the molecule is CC1=C(O)N(C)CN(C(=O)c2ccccc2)C1. The Balaban J connectivity index is 2.19. The summed E-state index contributed by atoms with van der Waals surface area (Å²) >= 11 is 0. The van der Waals surface area contributed by atoms with Crippen LogP contribution >= 0.6 is 0 Å². The smallest absolute Gasteiger partial charge is 0.255 e. The Morgan fingerprint density at radius 2 is 1.94 bits per heavy atom. The molecular weight excluding hydrogens is 216 g/mol. The molecule has 1 N–H and O–H groups in total. The zero-order valence-electron chi connectivity index (χ0n) is 10.1. The fraction of sp³-hybridized carbons (Fsp3) is 0.308. The molecule has 0 spiro atoms. The molecule has 4 heteroatoms. The van der Waals surface area contributed by atoms with E-state index in [1.807, 2.05) is 25.1 Å². The average molecular weight is 232 g/mol. The molecule has 90 valence electrons. The molecule has 1 aromatic carbocycles. The van der Waals surface area contributed by atoms with Gasteiger partial charge >= 0.3 is 0 Å². The summed E-state index contributed by atoms with van der Waals surface area (Å²) in [5.74, 6) is 0.256. The highest BCUT2D eigenvalue weighted by atomic mass is 16.3. The van der Waals surface area contributed by atoms with Gasteiger partial charge in [0, 0.05) is 24.7 Å². The van der Waals surface area contributed by atoms with Crippen molar-refractivity contribution >= 4 is 5.91 Å². The Morgan fingerprint density at radius 1 is 1.29 bits per heavy atom. The van der Waals surface area contributed by atoms with Crippen molar-refractivity contribution < 1.29 is 9.90 Å². The number of rotatable bonds is 1. The fourth-order valence-electron chi connectivity index (χ4n) is 1.96. The number of aliphatic hydroxyl groups is 1. The normalized spacial score (nSPS) is 16.4. The largest absolute Gasteiger partial charge is 0.495 e. The number of nitrogens with zero attached hydrogens (tertiary/aromatic N) is 2. The number of hydrogen-bond donors (Lipinski definition) is 1. The molecule has 0 bridgehead atoms. The summed E-state index contributed by atoms with van der Waals surface area (Å²) < 4.78 is 0. The maximum Gasteiger partial charge on any atom is 0.255 e. The molecule has 4 nitrogen and oxygen atoms in total. The van der Waals surface area contributed by atoms with Crippen LogP contribution in [0.1, 0.15) is 17.3 Å². The van der Waals surface area contributed by atoms with E-state index in [1.54, 1.807) is 29.0 Å². The predicted molar refractivity (Wildman–Crippen MR) is 65.4 cm³/mol. The van der Waals surface area contributed by atoms with Crippen LogP contribution in [0.25, 0.3) is 0 Å². The van der Waals surface area contributed by atoms with Crippen LogP contribution in [-0.2, 0) is 0 Å². The molecule has 0 radical (unpaired) electrons. The highest BCUT2D eigenvalue weighted by Gasteiger charge is 2.24. The first-order valence-electron chi connectivity index (χ1n) is 5.54. The van der Waals surface area contributed by atoms with Crippen LogP contribution in [0, 0.1) is 0 Å². The van der Waals surface area contributed by atoms with E-state index in [4.69, 9.17) is 0 Å². The number of amides is 1. The van der Waals surface area contributed by atoms with Gasteiger partial charge < -0.3 is 14.9 Å². The van der Waals surface area contributed by atoms with Gasteiger partial charge in [-0.1, -0.05) is 18.2 Å². The molecular formula is C13H16N2O2. The lowest BCUT2D eigenvalue weighted by atomic mass is 10.1. The first-order valence-corrected chi connectivity index (χ1v) is 5.54. The zero-order chi connectivity index (χ0) is 12.4. The summed E-state index contributed by atoms with van der Waals surface area (Å²) in [6, 6.07) is 9.18. The lowest BCUT2D eigenvalue weighted by molar-refractivity contribution is 0.0593. The van der Waals surface area contributed by atoms with Crippen molar-refractivity contribution in [3.63, 3.8) is 0 Å². The van der Waals surface area contributed by atoms with Crippen molar-refractivity contribution in [2.75, 3.05) is 20.3 Å². The number of benzene rings is 1. The van der Waals surface area contributed by atoms with E-state index < -0.39 is 0 Å². The topological polar surface area (TPSA) is 43.8 Å². The van der Waals surface area contributed by atoms with Gasteiger partial charge in [0.2, 0.25) is 0 Å². The third-order valence-corrected chi connectivity index (χ3v) is 2.86. The third-order valence-electron chi connectivity index (χ3n) is 2.86. The average Bonchev–Trinajstić information content (AvgIpc) is 2.35. The minimum absolute atomic E-state index is 0.00991. The molecule has 1 aliphatic rings. The van der Waals surface area contributed by atoms with Crippen molar-refractivity contribution in [3.8, 4) is 0 Å². The Kier molecular flexibility index (Phi) is 3.04. The van der Waals surface area contributed by atoms with E-state index >= 15 is 0 Å². The zero-order valence-corrected chi connectivity index (χ0v) is 10.1. The second-order valence-corrected chi connectivity index (χ2v) is 4.31. The molecule has 17 heavy (non-hydrogen) atoms. The molecule has 0 saturated carbocycles. The van der Waals surface area contributed by atoms with E-state index in [1.165, 1.54) is 0 Å². The van der Waals surface area contributed by atoms with Gasteiger partial charge in [0.15, 0.2) is 5.88 Å². The van der Waals surface area contributed by atoms with Crippen LogP contribution in [0.5, 0.6) is 0 Å². The van der Waals surface area contributed by atoms with E-state index in [-0.39, 0.29) is 11.8 Å². The van der Waals surface area contributed by atoms with Gasteiger partial charge in [-0.15, -0.1) is 0 Å². The number of carbonyl (C=O) groups excluding carboxylic acids is 1. The van der Waals surface area contributed by atoms with E-state index in [2.05, 4.69) is 0 Å². The van der Waals surface area contributed by atoms with E-state index in [0.29, 0.717) is 18.8 Å². The first-order chi connectivity index (χ1) is 8.09. The predicted octanol–water partition coefficient (Wildman–Crippen LogP) is 1.82. The summed E-state index contributed by atoms with van der Waals surface area (Å²) in [6.45, 7) is 2.72. The Labute approximate surface area is 101 Å². The summed E-state index contributed by atoms with van der Waals surface area (Å²) in [6.07, 6.45) is 0. The standard InChI is InChI=1S/C13H16N2O2/c1-10-8-15(9-14(2)12(10)16)13(17)11-6-4-3-5-7-11/h3-7,16H,8-9H2,1-2H3. The molecule has 2 rings (SSSR count). The van der Waals surface area contributed by atoms with Crippen LogP contribution in [-0.4, -0.2) is 41.1 Å². The summed E-state index contributed by atoms with van der Waals surface area (Å²) in [7, 11) is 1.77. The molecule has 0 aromatic heterocycles. The van der Waals surface area contributed by atoms with Crippen molar-refractivity contribution in [3.05, 3.63) is 47.4 Å². The lowest BCUT2D eigenvalue weighted by Gasteiger charge is -2.34. The maximum absolute atomic E-state index is 12.2. The quantitative estimate of drug-likeness (QED) is 0.803. The molecule has 0 fully saturated rings. The van der Waals surface area contributed by atoms with Crippen molar-refractivity contribution in [2.24, 2.45) is 0 Å². The van der Waals surface area contributed by atoms with Gasteiger partial charge in [-0.3, -0.25) is 4.79 Å². The van der Waals surface area contributed by atoms with Crippen LogP contribution in [0.2, 0.25) is 0 Å². The minimum atomic E-state index is -0.00991. The molecule has 1 aliphatic heterocycles. The van der Waals surface area contributed by atoms with Crippen molar-refractivity contribution in [2.45, 2.75) is 6.92 Å². The molecule has 0 saturated heterocycles. The number of carbonyl (C=O) groups is 1. The monoisotopic (exact) mass is 232 g/mol.